The molecule has 0 amide bonds. The van der Waals surface area contributed by atoms with Gasteiger partial charge in [-0.05, 0) is 87.4 Å². The molecule has 10 nitrogen and oxygen atoms in total. The van der Waals surface area contributed by atoms with Crippen LogP contribution in [0.3, 0.4) is 0 Å². The number of aromatic nitrogens is 2. The van der Waals surface area contributed by atoms with E-state index in [-0.39, 0.29) is 11.9 Å². The van der Waals surface area contributed by atoms with Crippen LogP contribution >= 0.6 is 0 Å². The third kappa shape index (κ3) is 8.74. The number of ether oxygens (including phenoxy) is 2. The van der Waals surface area contributed by atoms with E-state index in [1.54, 1.807) is 26.2 Å². The fourth-order valence-electron chi connectivity index (χ4n) is 7.98. The van der Waals surface area contributed by atoms with E-state index in [1.807, 2.05) is 60.7 Å². The van der Waals surface area contributed by atoms with E-state index >= 15 is 0 Å². The lowest BCUT2D eigenvalue weighted by Gasteiger charge is -2.05. The van der Waals surface area contributed by atoms with Crippen molar-refractivity contribution in [3.05, 3.63) is 95.7 Å². The number of hydrogen-bond donors (Lipinski definition) is 0. The summed E-state index contributed by atoms with van der Waals surface area (Å²) in [6.45, 7) is 8.75. The highest BCUT2D eigenvalue weighted by atomic mass is 16.5. The number of carbonyl (C=O) groups excluding carboxylic acids is 2. The minimum Gasteiger partial charge on any atom is -0.462 e. The van der Waals surface area contributed by atoms with Gasteiger partial charge < -0.3 is 27.1 Å². The van der Waals surface area contributed by atoms with Crippen molar-refractivity contribution in [3.8, 4) is 34.0 Å². The van der Waals surface area contributed by atoms with Crippen molar-refractivity contribution in [1.82, 2.24) is 9.97 Å². The Balaban J connectivity index is 0.985. The van der Waals surface area contributed by atoms with E-state index in [4.69, 9.17) is 27.1 Å². The zero-order chi connectivity index (χ0) is 41.6. The molecule has 6 heterocycles. The Labute approximate surface area is 349 Å². The molecule has 0 N–H and O–H groups in total. The molecule has 0 atom stereocenters. The molecule has 0 aliphatic carbocycles. The molecular formula is C50H52N2O8. The Morgan fingerprint density at radius 1 is 0.500 bits per heavy atom. The van der Waals surface area contributed by atoms with Crippen LogP contribution in [0, 0.1) is 13.8 Å². The van der Waals surface area contributed by atoms with Crippen LogP contribution in [0.15, 0.2) is 90.7 Å². The molecule has 0 saturated carbocycles. The Kier molecular flexibility index (Phi) is 12.5. The molecule has 10 heteroatoms. The summed E-state index contributed by atoms with van der Waals surface area (Å²) in [6, 6.07) is 19.1. The first-order valence-electron chi connectivity index (χ1n) is 21.5. The van der Waals surface area contributed by atoms with Gasteiger partial charge in [-0.2, -0.15) is 0 Å². The van der Waals surface area contributed by atoms with Crippen molar-refractivity contribution < 1.29 is 36.7 Å². The monoisotopic (exact) mass is 808 g/mol. The number of esters is 2. The van der Waals surface area contributed by atoms with E-state index in [0.29, 0.717) is 91.9 Å². The molecule has 310 valence electrons. The van der Waals surface area contributed by atoms with Crippen LogP contribution in [0.4, 0.5) is 0 Å². The summed E-state index contributed by atoms with van der Waals surface area (Å²) >= 11 is 0. The molecule has 8 rings (SSSR count). The van der Waals surface area contributed by atoms with Gasteiger partial charge in [0.15, 0.2) is 0 Å². The second kappa shape index (κ2) is 18.4. The van der Waals surface area contributed by atoms with Gasteiger partial charge in [0.2, 0.25) is 0 Å². The normalized spacial score (nSPS) is 11.7. The SMILES string of the molecule is CCCCCCCCOC(=O)c1c(C)oc2cc3cc(-c4ccnc(-c5cc(-c6cc7cc8oc(C)c(C(=O)OCCCCCCCC)c8cc7o6)ccn5)c4)oc3cc12. The quantitative estimate of drug-likeness (QED) is 0.0574. The molecule has 6 aromatic heterocycles. The van der Waals surface area contributed by atoms with E-state index < -0.39 is 0 Å². The van der Waals surface area contributed by atoms with E-state index in [0.717, 1.165) is 60.4 Å². The van der Waals surface area contributed by atoms with Gasteiger partial charge in [0, 0.05) is 45.1 Å². The van der Waals surface area contributed by atoms with Gasteiger partial charge in [-0.1, -0.05) is 78.1 Å². The predicted octanol–water partition coefficient (Wildman–Crippen LogP) is 14.1. The van der Waals surface area contributed by atoms with Crippen molar-refractivity contribution in [2.75, 3.05) is 13.2 Å². The maximum Gasteiger partial charge on any atom is 0.342 e. The van der Waals surface area contributed by atoms with Gasteiger partial charge in [-0.3, -0.25) is 9.97 Å². The van der Waals surface area contributed by atoms with Gasteiger partial charge in [0.05, 0.1) is 24.6 Å². The van der Waals surface area contributed by atoms with Crippen molar-refractivity contribution in [1.29, 1.82) is 0 Å². The Bertz CT molecular complexity index is 2590. The summed E-state index contributed by atoms with van der Waals surface area (Å²) in [6.07, 6.45) is 16.9. The third-order valence-electron chi connectivity index (χ3n) is 11.2. The van der Waals surface area contributed by atoms with Gasteiger partial charge >= 0.3 is 11.9 Å². The van der Waals surface area contributed by atoms with E-state index in [1.165, 1.54) is 38.5 Å². The van der Waals surface area contributed by atoms with Gasteiger partial charge in [0.1, 0.15) is 56.5 Å². The third-order valence-corrected chi connectivity index (χ3v) is 11.2. The smallest absolute Gasteiger partial charge is 0.342 e. The standard InChI is InChI=1S/C50H52N2O8/c1-5-7-9-11-13-15-21-55-49(53)47-31(3)57-45-27-35-25-41(59-43(35)29-37(45)47)33-17-19-51-39(23-33)40-24-34(18-20-52-40)42-26-36-28-46-38(30-44(36)60-42)48(32(4)58-46)50(54)56-22-16-14-12-10-8-6-2/h17-20,23-30H,5-16,21-22H2,1-4H3. The van der Waals surface area contributed by atoms with Crippen LogP contribution in [0.2, 0.25) is 0 Å². The van der Waals surface area contributed by atoms with Crippen LogP contribution in [-0.2, 0) is 9.47 Å². The van der Waals surface area contributed by atoms with E-state index in [9.17, 15) is 9.59 Å². The van der Waals surface area contributed by atoms with Crippen molar-refractivity contribution in [2.45, 2.75) is 105 Å². The van der Waals surface area contributed by atoms with Crippen LogP contribution in [0.25, 0.3) is 77.9 Å². The maximum atomic E-state index is 13.2. The maximum absolute atomic E-state index is 13.2. The van der Waals surface area contributed by atoms with Crippen molar-refractivity contribution in [3.63, 3.8) is 0 Å². The first-order valence-corrected chi connectivity index (χ1v) is 21.5. The largest absolute Gasteiger partial charge is 0.462 e. The Morgan fingerprint density at radius 2 is 0.917 bits per heavy atom. The van der Waals surface area contributed by atoms with Gasteiger partial charge in [0.25, 0.3) is 0 Å². The molecule has 8 aromatic rings. The molecule has 0 fully saturated rings. The number of pyridine rings is 2. The molecule has 0 radical (unpaired) electrons. The number of rotatable bonds is 19. The molecule has 0 aliphatic rings. The molecule has 0 saturated heterocycles. The number of carbonyl (C=O) groups is 2. The Morgan fingerprint density at radius 3 is 1.35 bits per heavy atom. The molecule has 0 unspecified atom stereocenters. The first kappa shape index (κ1) is 40.6. The summed E-state index contributed by atoms with van der Waals surface area (Å²) < 4.78 is 36.1. The molecule has 2 aromatic carbocycles. The van der Waals surface area contributed by atoms with Crippen molar-refractivity contribution in [2.24, 2.45) is 0 Å². The van der Waals surface area contributed by atoms with Crippen LogP contribution in [0.1, 0.15) is 123 Å². The molecule has 0 spiro atoms. The fraction of sp³-hybridized carbons (Fsp3) is 0.360. The number of hydrogen-bond acceptors (Lipinski definition) is 10. The second-order valence-corrected chi connectivity index (χ2v) is 15.7. The highest BCUT2D eigenvalue weighted by Gasteiger charge is 2.23. The number of fused-ring (bicyclic) bond motifs is 4. The van der Waals surface area contributed by atoms with Crippen molar-refractivity contribution >= 4 is 55.8 Å². The number of unbranched alkanes of at least 4 members (excludes halogenated alkanes) is 10. The lowest BCUT2D eigenvalue weighted by Crippen LogP contribution is -2.07. The lowest BCUT2D eigenvalue weighted by molar-refractivity contribution is 0.0488. The zero-order valence-electron chi connectivity index (χ0n) is 35.0. The average Bonchev–Trinajstić information content (AvgIpc) is 4.02. The summed E-state index contributed by atoms with van der Waals surface area (Å²) in [4.78, 5) is 35.6. The highest BCUT2D eigenvalue weighted by Crippen LogP contribution is 2.37. The van der Waals surface area contributed by atoms with Crippen LogP contribution in [-0.4, -0.2) is 35.1 Å². The summed E-state index contributed by atoms with van der Waals surface area (Å²) in [5.41, 5.74) is 6.28. The number of nitrogens with zero attached hydrogens (tertiary/aromatic N) is 2. The number of furan rings is 4. The number of aryl methyl sites for hydroxylation is 2. The minimum absolute atomic E-state index is 0.378. The summed E-state index contributed by atoms with van der Waals surface area (Å²) in [5, 5.41) is 3.03. The zero-order valence-corrected chi connectivity index (χ0v) is 35.0. The van der Waals surface area contributed by atoms with Gasteiger partial charge in [-0.15, -0.1) is 0 Å². The molecule has 60 heavy (non-hydrogen) atoms. The second-order valence-electron chi connectivity index (χ2n) is 15.7. The molecule has 0 aliphatic heterocycles. The first-order chi connectivity index (χ1) is 29.3. The topological polar surface area (TPSA) is 131 Å². The van der Waals surface area contributed by atoms with Crippen LogP contribution < -0.4 is 0 Å². The minimum atomic E-state index is -0.378. The summed E-state index contributed by atoms with van der Waals surface area (Å²) in [7, 11) is 0. The van der Waals surface area contributed by atoms with E-state index in [2.05, 4.69) is 23.8 Å². The average molecular weight is 809 g/mol. The fourth-order valence-corrected chi connectivity index (χ4v) is 7.98. The highest BCUT2D eigenvalue weighted by molar-refractivity contribution is 6.09. The van der Waals surface area contributed by atoms with Crippen LogP contribution in [0.5, 0.6) is 0 Å². The summed E-state index contributed by atoms with van der Waals surface area (Å²) in [5.74, 6) is 1.58. The lowest BCUT2D eigenvalue weighted by atomic mass is 10.1. The number of benzene rings is 2. The predicted molar refractivity (Wildman–Crippen MR) is 234 cm³/mol. The molecular weight excluding hydrogens is 757 g/mol. The molecule has 0 bridgehead atoms. The Hall–Kier alpha value is -6.16. The van der Waals surface area contributed by atoms with Gasteiger partial charge in [-0.25, -0.2) is 9.59 Å².